The lowest BCUT2D eigenvalue weighted by atomic mass is 10.3. The van der Waals surface area contributed by atoms with Crippen molar-refractivity contribution in [1.82, 2.24) is 19.9 Å². The van der Waals surface area contributed by atoms with E-state index in [1.165, 1.54) is 22.3 Å². The Bertz CT molecular complexity index is 1100. The normalized spacial score (nSPS) is 12.0. The van der Waals surface area contributed by atoms with Crippen molar-refractivity contribution < 1.29 is 12.8 Å². The van der Waals surface area contributed by atoms with Gasteiger partial charge in [0.2, 0.25) is 9.84 Å². The summed E-state index contributed by atoms with van der Waals surface area (Å²) in [4.78, 5) is 4.35. The van der Waals surface area contributed by atoms with Crippen LogP contribution in [0.15, 0.2) is 39.1 Å². The van der Waals surface area contributed by atoms with Gasteiger partial charge in [-0.15, -0.1) is 11.8 Å². The lowest BCUT2D eigenvalue weighted by Crippen LogP contribution is -2.10. The van der Waals surface area contributed by atoms with E-state index >= 15 is 0 Å². The molecule has 1 N–H and O–H groups in total. The topological polar surface area (TPSA) is 76.4 Å². The molecule has 138 valence electrons. The molecule has 2 aromatic heterocycles. The van der Waals surface area contributed by atoms with Crippen molar-refractivity contribution in [2.75, 3.05) is 13.3 Å². The SMILES string of the molecule is CNCc1cc(C)n2nc(SC)c(S(=O)(=O)c3ccc(F)c(Cl)c3)c2n1. The lowest BCUT2D eigenvalue weighted by Gasteiger charge is -2.07. The van der Waals surface area contributed by atoms with Crippen molar-refractivity contribution in [2.24, 2.45) is 0 Å². The van der Waals surface area contributed by atoms with E-state index in [0.717, 1.165) is 17.8 Å². The lowest BCUT2D eigenvalue weighted by molar-refractivity contribution is 0.593. The zero-order valence-corrected chi connectivity index (χ0v) is 16.6. The van der Waals surface area contributed by atoms with E-state index < -0.39 is 15.7 Å². The first-order valence-electron chi connectivity index (χ1n) is 7.57. The standard InChI is InChI=1S/C16H16ClFN4O2S2/c1-9-6-10(8-19-2)20-15-14(16(25-3)21-22(9)15)26(23,24)11-4-5-13(18)12(17)7-11/h4-7,19H,8H2,1-3H3. The van der Waals surface area contributed by atoms with Gasteiger partial charge in [0.05, 0.1) is 15.6 Å². The summed E-state index contributed by atoms with van der Waals surface area (Å²) in [5, 5.41) is 7.43. The zero-order valence-electron chi connectivity index (χ0n) is 14.2. The maximum atomic E-state index is 13.5. The molecule has 0 bridgehead atoms. The molecule has 0 atom stereocenters. The molecule has 0 radical (unpaired) electrons. The predicted molar refractivity (Wildman–Crippen MR) is 99.1 cm³/mol. The minimum atomic E-state index is -3.99. The number of aromatic nitrogens is 3. The van der Waals surface area contributed by atoms with Gasteiger partial charge in [0.15, 0.2) is 10.5 Å². The Balaban J connectivity index is 2.32. The first-order valence-corrected chi connectivity index (χ1v) is 10.7. The summed E-state index contributed by atoms with van der Waals surface area (Å²) in [5.74, 6) is -0.680. The monoisotopic (exact) mass is 414 g/mol. The molecule has 3 rings (SSSR count). The smallest absolute Gasteiger partial charge is 0.213 e. The van der Waals surface area contributed by atoms with Crippen molar-refractivity contribution in [3.8, 4) is 0 Å². The fraction of sp³-hybridized carbons (Fsp3) is 0.250. The van der Waals surface area contributed by atoms with Crippen LogP contribution in [0.3, 0.4) is 0 Å². The van der Waals surface area contributed by atoms with Crippen LogP contribution < -0.4 is 5.32 Å². The van der Waals surface area contributed by atoms with E-state index in [1.54, 1.807) is 13.3 Å². The second kappa shape index (κ2) is 7.15. The summed E-state index contributed by atoms with van der Waals surface area (Å²) in [6.07, 6.45) is 1.74. The Morgan fingerprint density at radius 3 is 2.69 bits per heavy atom. The highest BCUT2D eigenvalue weighted by Gasteiger charge is 2.29. The maximum Gasteiger partial charge on any atom is 0.213 e. The van der Waals surface area contributed by atoms with Crippen molar-refractivity contribution in [3.63, 3.8) is 0 Å². The first-order chi connectivity index (χ1) is 12.3. The third-order valence-electron chi connectivity index (χ3n) is 3.77. The number of sulfone groups is 1. The van der Waals surface area contributed by atoms with Gasteiger partial charge in [-0.1, -0.05) is 11.6 Å². The molecule has 0 fully saturated rings. The highest BCUT2D eigenvalue weighted by molar-refractivity contribution is 7.99. The summed E-state index contributed by atoms with van der Waals surface area (Å²) in [5.41, 5.74) is 1.69. The van der Waals surface area contributed by atoms with E-state index in [-0.39, 0.29) is 20.5 Å². The molecule has 0 saturated carbocycles. The number of aryl methyl sites for hydroxylation is 1. The van der Waals surface area contributed by atoms with Crippen molar-refractivity contribution in [1.29, 1.82) is 0 Å². The van der Waals surface area contributed by atoms with Crippen LogP contribution in [0.1, 0.15) is 11.4 Å². The van der Waals surface area contributed by atoms with E-state index in [2.05, 4.69) is 15.4 Å². The zero-order chi connectivity index (χ0) is 19.1. The molecule has 1 aromatic carbocycles. The predicted octanol–water partition coefficient (Wildman–Crippen LogP) is 3.10. The Hall–Kier alpha value is -1.68. The minimum Gasteiger partial charge on any atom is -0.314 e. The van der Waals surface area contributed by atoms with Gasteiger partial charge in [-0.3, -0.25) is 0 Å². The molecule has 0 aliphatic rings. The molecule has 0 amide bonds. The third kappa shape index (κ3) is 3.20. The van der Waals surface area contributed by atoms with Crippen LogP contribution in [0, 0.1) is 12.7 Å². The number of hydrogen-bond donors (Lipinski definition) is 1. The fourth-order valence-corrected chi connectivity index (χ4v) is 5.26. The van der Waals surface area contributed by atoms with E-state index in [0.29, 0.717) is 17.3 Å². The molecule has 0 spiro atoms. The van der Waals surface area contributed by atoms with E-state index in [1.807, 2.05) is 13.0 Å². The molecule has 6 nitrogen and oxygen atoms in total. The average Bonchev–Trinajstić information content (AvgIpc) is 2.97. The van der Waals surface area contributed by atoms with Crippen LogP contribution in [0.4, 0.5) is 4.39 Å². The van der Waals surface area contributed by atoms with E-state index in [4.69, 9.17) is 11.6 Å². The van der Waals surface area contributed by atoms with Crippen molar-refractivity contribution >= 4 is 38.8 Å². The summed E-state index contributed by atoms with van der Waals surface area (Å²) in [6.45, 7) is 2.31. The number of hydrogen-bond acceptors (Lipinski definition) is 6. The number of fused-ring (bicyclic) bond motifs is 1. The molecular formula is C16H16ClFN4O2S2. The summed E-state index contributed by atoms with van der Waals surface area (Å²) >= 11 is 6.98. The van der Waals surface area contributed by atoms with Crippen molar-refractivity contribution in [2.45, 2.75) is 28.3 Å². The quantitative estimate of drug-likeness (QED) is 0.510. The van der Waals surface area contributed by atoms with Crippen molar-refractivity contribution in [3.05, 3.63) is 46.5 Å². The van der Waals surface area contributed by atoms with E-state index in [9.17, 15) is 12.8 Å². The summed E-state index contributed by atoms with van der Waals surface area (Å²) in [6, 6.07) is 5.16. The second-order valence-corrected chi connectivity index (χ2v) is 8.66. The Kier molecular flexibility index (Phi) is 5.25. The largest absolute Gasteiger partial charge is 0.314 e. The van der Waals surface area contributed by atoms with Crippen LogP contribution in [-0.4, -0.2) is 36.3 Å². The molecule has 0 unspecified atom stereocenters. The molecule has 0 saturated heterocycles. The molecule has 0 aliphatic heterocycles. The van der Waals surface area contributed by atoms with Crippen LogP contribution in [0.5, 0.6) is 0 Å². The fourth-order valence-electron chi connectivity index (χ4n) is 2.59. The summed E-state index contributed by atoms with van der Waals surface area (Å²) in [7, 11) is -2.21. The number of nitrogens with zero attached hydrogens (tertiary/aromatic N) is 3. The highest BCUT2D eigenvalue weighted by Crippen LogP contribution is 2.33. The van der Waals surface area contributed by atoms with Crippen LogP contribution >= 0.6 is 23.4 Å². The molecule has 2 heterocycles. The van der Waals surface area contributed by atoms with Gasteiger partial charge in [0, 0.05) is 12.2 Å². The molecule has 3 aromatic rings. The number of halogens is 2. The first kappa shape index (κ1) is 19.1. The molecular weight excluding hydrogens is 399 g/mol. The van der Waals surface area contributed by atoms with Gasteiger partial charge in [-0.25, -0.2) is 22.3 Å². The van der Waals surface area contributed by atoms with Crippen LogP contribution in [0.2, 0.25) is 5.02 Å². The Morgan fingerprint density at radius 2 is 2.08 bits per heavy atom. The van der Waals surface area contributed by atoms with Gasteiger partial charge in [0.25, 0.3) is 0 Å². The molecule has 10 heteroatoms. The number of rotatable bonds is 5. The van der Waals surface area contributed by atoms with Crippen LogP contribution in [0.25, 0.3) is 5.65 Å². The maximum absolute atomic E-state index is 13.5. The van der Waals surface area contributed by atoms with Gasteiger partial charge in [0.1, 0.15) is 10.8 Å². The highest BCUT2D eigenvalue weighted by atomic mass is 35.5. The van der Waals surface area contributed by atoms with Crippen LogP contribution in [-0.2, 0) is 16.4 Å². The number of nitrogens with one attached hydrogen (secondary N) is 1. The molecule has 26 heavy (non-hydrogen) atoms. The van der Waals surface area contributed by atoms with Gasteiger partial charge < -0.3 is 5.32 Å². The Labute approximate surface area is 159 Å². The number of thioether (sulfide) groups is 1. The van der Waals surface area contributed by atoms with Gasteiger partial charge in [-0.05, 0) is 44.5 Å². The summed E-state index contributed by atoms with van der Waals surface area (Å²) < 4.78 is 41.4. The van der Waals surface area contributed by atoms with Gasteiger partial charge in [-0.2, -0.15) is 5.10 Å². The molecule has 0 aliphatic carbocycles. The number of benzene rings is 1. The third-order valence-corrected chi connectivity index (χ3v) is 6.65. The average molecular weight is 415 g/mol. The van der Waals surface area contributed by atoms with Gasteiger partial charge >= 0.3 is 0 Å². The Morgan fingerprint density at radius 1 is 1.35 bits per heavy atom. The minimum absolute atomic E-state index is 0.00581. The second-order valence-electron chi connectivity index (χ2n) is 5.57.